The van der Waals surface area contributed by atoms with Crippen molar-refractivity contribution < 1.29 is 13.5 Å². The van der Waals surface area contributed by atoms with Crippen LogP contribution in [0.25, 0.3) is 0 Å². The Morgan fingerprint density at radius 1 is 1.37 bits per heavy atom. The zero-order chi connectivity index (χ0) is 14.7. The van der Waals surface area contributed by atoms with Gasteiger partial charge in [0.2, 0.25) is 10.0 Å². The van der Waals surface area contributed by atoms with Gasteiger partial charge in [0.25, 0.3) is 0 Å². The number of benzene rings is 1. The smallest absolute Gasteiger partial charge is 0.240 e. The van der Waals surface area contributed by atoms with Gasteiger partial charge in [-0.25, -0.2) is 13.1 Å². The van der Waals surface area contributed by atoms with Crippen LogP contribution in [0.15, 0.2) is 27.6 Å². The molecule has 4 N–H and O–H groups in total. The summed E-state index contributed by atoms with van der Waals surface area (Å²) >= 11 is 3.21. The number of hydrogen-bond donors (Lipinski definition) is 3. The van der Waals surface area contributed by atoms with Crippen molar-refractivity contribution in [1.29, 1.82) is 0 Å². The summed E-state index contributed by atoms with van der Waals surface area (Å²) in [4.78, 5) is 0.0859. The lowest BCUT2D eigenvalue weighted by atomic mass is 9.98. The van der Waals surface area contributed by atoms with Crippen LogP contribution in [0.2, 0.25) is 0 Å². The van der Waals surface area contributed by atoms with Crippen LogP contribution in [-0.2, 0) is 10.0 Å². The molecule has 0 unspecified atom stereocenters. The molecule has 0 heterocycles. The van der Waals surface area contributed by atoms with Gasteiger partial charge in [-0.3, -0.25) is 0 Å². The van der Waals surface area contributed by atoms with Crippen LogP contribution < -0.4 is 10.5 Å². The minimum absolute atomic E-state index is 0.0156. The normalized spacial score (nSPS) is 12.6. The van der Waals surface area contributed by atoms with Gasteiger partial charge >= 0.3 is 0 Å². The molecule has 0 spiro atoms. The molecular weight excluding hydrogens is 332 g/mol. The Kier molecular flexibility index (Phi) is 5.37. The Balaban J connectivity index is 2.90. The molecule has 0 saturated carbocycles. The highest BCUT2D eigenvalue weighted by Gasteiger charge is 2.25. The average molecular weight is 351 g/mol. The summed E-state index contributed by atoms with van der Waals surface area (Å²) in [5.74, 6) is 0. The SMILES string of the molecule is CCC(O)(CC)CNS(=O)(=O)c1ccc(Br)c(N)c1. The van der Waals surface area contributed by atoms with Gasteiger partial charge in [-0.2, -0.15) is 0 Å². The number of nitrogens with two attached hydrogens (primary N) is 1. The largest absolute Gasteiger partial charge is 0.398 e. The minimum atomic E-state index is -3.66. The fourth-order valence-corrected chi connectivity index (χ4v) is 2.90. The summed E-state index contributed by atoms with van der Waals surface area (Å²) in [6.45, 7) is 3.61. The topological polar surface area (TPSA) is 92.4 Å². The van der Waals surface area contributed by atoms with Crippen LogP contribution in [-0.4, -0.2) is 25.7 Å². The van der Waals surface area contributed by atoms with Gasteiger partial charge in [0.1, 0.15) is 0 Å². The number of rotatable bonds is 6. The van der Waals surface area contributed by atoms with Crippen LogP contribution in [0.4, 0.5) is 5.69 Å². The van der Waals surface area contributed by atoms with Gasteiger partial charge in [0, 0.05) is 16.7 Å². The zero-order valence-electron chi connectivity index (χ0n) is 11.0. The van der Waals surface area contributed by atoms with E-state index < -0.39 is 15.6 Å². The molecule has 1 rings (SSSR count). The lowest BCUT2D eigenvalue weighted by Crippen LogP contribution is -2.41. The Hall–Kier alpha value is -0.630. The maximum absolute atomic E-state index is 12.1. The summed E-state index contributed by atoms with van der Waals surface area (Å²) in [5, 5.41) is 10.1. The van der Waals surface area contributed by atoms with Gasteiger partial charge in [-0.15, -0.1) is 0 Å². The molecular formula is C12H19BrN2O3S. The van der Waals surface area contributed by atoms with E-state index in [1.807, 2.05) is 13.8 Å². The Labute approximate surface area is 122 Å². The molecule has 0 aliphatic heterocycles. The maximum Gasteiger partial charge on any atom is 0.240 e. The number of halogens is 1. The molecule has 0 aromatic heterocycles. The van der Waals surface area contributed by atoms with Crippen molar-refractivity contribution in [3.8, 4) is 0 Å². The van der Waals surface area contributed by atoms with Crippen LogP contribution in [0.5, 0.6) is 0 Å². The first-order valence-corrected chi connectivity index (χ1v) is 8.29. The van der Waals surface area contributed by atoms with Crippen LogP contribution in [0.1, 0.15) is 26.7 Å². The van der Waals surface area contributed by atoms with Crippen LogP contribution >= 0.6 is 15.9 Å². The van der Waals surface area contributed by atoms with Gasteiger partial charge in [0.15, 0.2) is 0 Å². The third-order valence-electron chi connectivity index (χ3n) is 3.19. The molecule has 0 saturated heterocycles. The van der Waals surface area contributed by atoms with Gasteiger partial charge < -0.3 is 10.8 Å². The first-order chi connectivity index (χ1) is 8.74. The van der Waals surface area contributed by atoms with Crippen molar-refractivity contribution in [3.63, 3.8) is 0 Å². The second-order valence-electron chi connectivity index (χ2n) is 4.44. The first kappa shape index (κ1) is 16.4. The number of sulfonamides is 1. The molecule has 0 amide bonds. The van der Waals surface area contributed by atoms with Crippen LogP contribution in [0.3, 0.4) is 0 Å². The van der Waals surface area contributed by atoms with Crippen molar-refractivity contribution in [2.75, 3.05) is 12.3 Å². The highest BCUT2D eigenvalue weighted by atomic mass is 79.9. The van der Waals surface area contributed by atoms with Crippen molar-refractivity contribution in [1.82, 2.24) is 4.72 Å². The molecule has 0 radical (unpaired) electrons. The summed E-state index contributed by atoms with van der Waals surface area (Å²) in [6, 6.07) is 4.42. The highest BCUT2D eigenvalue weighted by molar-refractivity contribution is 9.10. The number of nitrogen functional groups attached to an aromatic ring is 1. The van der Waals surface area contributed by atoms with Crippen molar-refractivity contribution in [2.45, 2.75) is 37.2 Å². The third-order valence-corrected chi connectivity index (χ3v) is 5.31. The fraction of sp³-hybridized carbons (Fsp3) is 0.500. The quantitative estimate of drug-likeness (QED) is 0.682. The second-order valence-corrected chi connectivity index (χ2v) is 7.06. The Morgan fingerprint density at radius 3 is 2.42 bits per heavy atom. The lowest BCUT2D eigenvalue weighted by Gasteiger charge is -2.25. The van der Waals surface area contributed by atoms with Gasteiger partial charge in [-0.1, -0.05) is 13.8 Å². The maximum atomic E-state index is 12.1. The molecule has 7 heteroatoms. The molecule has 5 nitrogen and oxygen atoms in total. The third kappa shape index (κ3) is 4.17. The molecule has 1 aromatic carbocycles. The molecule has 108 valence electrons. The number of aliphatic hydroxyl groups is 1. The predicted octanol–water partition coefficient (Wildman–Crippen LogP) is 1.86. The summed E-state index contributed by atoms with van der Waals surface area (Å²) < 4.78 is 27.2. The monoisotopic (exact) mass is 350 g/mol. The fourth-order valence-electron chi connectivity index (χ4n) is 1.50. The molecule has 1 aromatic rings. The predicted molar refractivity (Wildman–Crippen MR) is 79.3 cm³/mol. The molecule has 0 aliphatic rings. The summed E-state index contributed by atoms with van der Waals surface area (Å²) in [5.41, 5.74) is 4.99. The molecule has 19 heavy (non-hydrogen) atoms. The van der Waals surface area contributed by atoms with E-state index in [1.165, 1.54) is 12.1 Å². The number of hydrogen-bond acceptors (Lipinski definition) is 4. The Morgan fingerprint density at radius 2 is 1.95 bits per heavy atom. The zero-order valence-corrected chi connectivity index (χ0v) is 13.4. The Bertz CT molecular complexity index is 542. The van der Waals surface area contributed by atoms with Crippen molar-refractivity contribution >= 4 is 31.6 Å². The van der Waals surface area contributed by atoms with Gasteiger partial charge in [-0.05, 0) is 47.0 Å². The van der Waals surface area contributed by atoms with E-state index in [1.54, 1.807) is 6.07 Å². The molecule has 0 bridgehead atoms. The van der Waals surface area contributed by atoms with E-state index in [0.717, 1.165) is 0 Å². The number of anilines is 1. The lowest BCUT2D eigenvalue weighted by molar-refractivity contribution is 0.0377. The van der Waals surface area contributed by atoms with E-state index >= 15 is 0 Å². The van der Waals surface area contributed by atoms with E-state index in [0.29, 0.717) is 23.0 Å². The standard InChI is InChI=1S/C12H19BrN2O3S/c1-3-12(16,4-2)8-15-19(17,18)9-5-6-10(13)11(14)7-9/h5-7,15-16H,3-4,8,14H2,1-2H3. The molecule has 0 atom stereocenters. The molecule has 0 fully saturated rings. The first-order valence-electron chi connectivity index (χ1n) is 6.01. The second kappa shape index (κ2) is 6.21. The van der Waals surface area contributed by atoms with E-state index in [4.69, 9.17) is 5.73 Å². The van der Waals surface area contributed by atoms with E-state index in [2.05, 4.69) is 20.7 Å². The highest BCUT2D eigenvalue weighted by Crippen LogP contribution is 2.23. The van der Waals surface area contributed by atoms with Gasteiger partial charge in [0.05, 0.1) is 10.5 Å². The van der Waals surface area contributed by atoms with Crippen molar-refractivity contribution in [3.05, 3.63) is 22.7 Å². The molecule has 0 aliphatic carbocycles. The summed E-state index contributed by atoms with van der Waals surface area (Å²) in [6.07, 6.45) is 0.961. The minimum Gasteiger partial charge on any atom is -0.398 e. The van der Waals surface area contributed by atoms with E-state index in [-0.39, 0.29) is 11.4 Å². The van der Waals surface area contributed by atoms with Crippen molar-refractivity contribution in [2.24, 2.45) is 0 Å². The average Bonchev–Trinajstić information content (AvgIpc) is 2.39. The van der Waals surface area contributed by atoms with Crippen LogP contribution in [0, 0.1) is 0 Å². The summed E-state index contributed by atoms with van der Waals surface area (Å²) in [7, 11) is -3.66. The van der Waals surface area contributed by atoms with E-state index in [9.17, 15) is 13.5 Å². The number of nitrogens with one attached hydrogen (secondary N) is 1.